The molecule has 0 aromatic rings. The van der Waals surface area contributed by atoms with Crippen LogP contribution in [0.5, 0.6) is 0 Å². The first kappa shape index (κ1) is 20.2. The highest BCUT2D eigenvalue weighted by Crippen LogP contribution is 2.43. The highest BCUT2D eigenvalue weighted by molar-refractivity contribution is 6.09. The maximum Gasteiger partial charge on any atom is 0.325 e. The molecule has 0 aromatic heterocycles. The number of amides is 4. The summed E-state index contributed by atoms with van der Waals surface area (Å²) in [5.74, 6) is -1.30. The van der Waals surface area contributed by atoms with Crippen molar-refractivity contribution in [2.24, 2.45) is 11.3 Å². The molecule has 0 radical (unpaired) electrons. The lowest BCUT2D eigenvalue weighted by Gasteiger charge is -2.40. The molecule has 0 aromatic carbocycles. The van der Waals surface area contributed by atoms with Crippen LogP contribution in [0.1, 0.15) is 52.9 Å². The number of carboxylic acids is 1. The minimum absolute atomic E-state index is 0.0379. The number of urea groups is 1. The number of carbonyl (C=O) groups is 4. The van der Waals surface area contributed by atoms with Crippen molar-refractivity contribution in [3.8, 4) is 0 Å². The van der Waals surface area contributed by atoms with E-state index in [4.69, 9.17) is 5.11 Å². The maximum absolute atomic E-state index is 12.9. The minimum atomic E-state index is -1.01. The van der Waals surface area contributed by atoms with E-state index < -0.39 is 23.4 Å². The first-order valence-electron chi connectivity index (χ1n) is 9.06. The average Bonchev–Trinajstić information content (AvgIpc) is 2.76. The van der Waals surface area contributed by atoms with Crippen LogP contribution in [0.25, 0.3) is 0 Å². The van der Waals surface area contributed by atoms with E-state index in [0.717, 1.165) is 17.7 Å². The van der Waals surface area contributed by atoms with Gasteiger partial charge in [-0.3, -0.25) is 19.3 Å². The zero-order chi connectivity index (χ0) is 19.7. The van der Waals surface area contributed by atoms with Gasteiger partial charge >= 0.3 is 12.0 Å². The van der Waals surface area contributed by atoms with Crippen LogP contribution in [0.4, 0.5) is 4.79 Å². The smallest absolute Gasteiger partial charge is 0.325 e. The number of hydrogen-bond donors (Lipinski definition) is 2. The number of likely N-dealkylation sites (N-methyl/N-ethyl adjacent to an activating group) is 1. The second-order valence-electron chi connectivity index (χ2n) is 8.50. The minimum Gasteiger partial charge on any atom is -0.481 e. The molecule has 4 amide bonds. The third-order valence-electron chi connectivity index (χ3n) is 5.69. The van der Waals surface area contributed by atoms with Gasteiger partial charge in [0, 0.05) is 13.6 Å². The predicted octanol–water partition coefficient (Wildman–Crippen LogP) is 1.45. The molecule has 2 rings (SSSR count). The van der Waals surface area contributed by atoms with Crippen LogP contribution in [0.15, 0.2) is 0 Å². The summed E-state index contributed by atoms with van der Waals surface area (Å²) >= 11 is 0. The van der Waals surface area contributed by atoms with Crippen molar-refractivity contribution in [1.29, 1.82) is 0 Å². The number of carboxylic acid groups (broad SMARTS) is 1. The SMILES string of the molecule is CN(CCC(=O)O)C(=O)CN1C(=O)NC2(CCC(C(C)(C)C)CC2)C1=O. The van der Waals surface area contributed by atoms with E-state index in [-0.39, 0.29) is 30.8 Å². The molecule has 2 fully saturated rings. The van der Waals surface area contributed by atoms with E-state index in [1.165, 1.54) is 11.9 Å². The molecule has 0 unspecified atom stereocenters. The first-order valence-corrected chi connectivity index (χ1v) is 9.06. The Morgan fingerprint density at radius 1 is 1.27 bits per heavy atom. The molecule has 8 nitrogen and oxygen atoms in total. The van der Waals surface area contributed by atoms with Crippen LogP contribution in [0.3, 0.4) is 0 Å². The summed E-state index contributed by atoms with van der Waals surface area (Å²) in [6.45, 7) is 6.23. The monoisotopic (exact) mass is 367 g/mol. The highest BCUT2D eigenvalue weighted by Gasteiger charge is 2.53. The van der Waals surface area contributed by atoms with E-state index in [2.05, 4.69) is 26.1 Å². The zero-order valence-electron chi connectivity index (χ0n) is 16.0. The summed E-state index contributed by atoms with van der Waals surface area (Å²) in [5.41, 5.74) is -0.728. The van der Waals surface area contributed by atoms with Gasteiger partial charge < -0.3 is 15.3 Å². The Labute approximate surface area is 153 Å². The van der Waals surface area contributed by atoms with Crippen molar-refractivity contribution in [2.75, 3.05) is 20.1 Å². The van der Waals surface area contributed by atoms with Crippen LogP contribution in [0.2, 0.25) is 0 Å². The van der Waals surface area contributed by atoms with Crippen molar-refractivity contribution in [3.63, 3.8) is 0 Å². The fraction of sp³-hybridized carbons (Fsp3) is 0.778. The van der Waals surface area contributed by atoms with Gasteiger partial charge in [0.1, 0.15) is 12.1 Å². The van der Waals surface area contributed by atoms with Gasteiger partial charge in [-0.25, -0.2) is 4.79 Å². The Bertz CT molecular complexity index is 602. The van der Waals surface area contributed by atoms with E-state index in [9.17, 15) is 19.2 Å². The first-order chi connectivity index (χ1) is 12.0. The molecule has 1 aliphatic heterocycles. The van der Waals surface area contributed by atoms with E-state index in [0.29, 0.717) is 18.8 Å². The van der Waals surface area contributed by atoms with Crippen LogP contribution in [0, 0.1) is 11.3 Å². The number of nitrogens with zero attached hydrogens (tertiary/aromatic N) is 2. The summed E-state index contributed by atoms with van der Waals surface area (Å²) < 4.78 is 0. The van der Waals surface area contributed by atoms with Crippen LogP contribution < -0.4 is 5.32 Å². The van der Waals surface area contributed by atoms with Gasteiger partial charge in [-0.2, -0.15) is 0 Å². The van der Waals surface area contributed by atoms with Gasteiger partial charge in [0.15, 0.2) is 0 Å². The van der Waals surface area contributed by atoms with Crippen LogP contribution >= 0.6 is 0 Å². The van der Waals surface area contributed by atoms with E-state index >= 15 is 0 Å². The molecule has 1 saturated heterocycles. The lowest BCUT2D eigenvalue weighted by molar-refractivity contribution is -0.141. The molecule has 146 valence electrons. The molecule has 2 aliphatic rings. The number of aliphatic carboxylic acids is 1. The number of imide groups is 1. The molecule has 1 spiro atoms. The Morgan fingerprint density at radius 2 is 1.85 bits per heavy atom. The molecule has 26 heavy (non-hydrogen) atoms. The number of hydrogen-bond acceptors (Lipinski definition) is 4. The van der Waals surface area contributed by atoms with Crippen LogP contribution in [-0.2, 0) is 14.4 Å². The molecule has 1 heterocycles. The third kappa shape index (κ3) is 4.16. The predicted molar refractivity (Wildman–Crippen MR) is 94.3 cm³/mol. The molecular formula is C18H29N3O5. The quantitative estimate of drug-likeness (QED) is 0.715. The fourth-order valence-corrected chi connectivity index (χ4v) is 3.78. The summed E-state index contributed by atoms with van der Waals surface area (Å²) in [5, 5.41) is 11.5. The highest BCUT2D eigenvalue weighted by atomic mass is 16.4. The summed E-state index contributed by atoms with van der Waals surface area (Å²) in [4.78, 5) is 50.2. The molecule has 8 heteroatoms. The van der Waals surface area contributed by atoms with Gasteiger partial charge in [-0.1, -0.05) is 20.8 Å². The Hall–Kier alpha value is -2.12. The lowest BCUT2D eigenvalue weighted by atomic mass is 9.67. The second kappa shape index (κ2) is 7.25. The van der Waals surface area contributed by atoms with E-state index in [1.807, 2.05) is 0 Å². The average molecular weight is 367 g/mol. The van der Waals surface area contributed by atoms with Gasteiger partial charge in [-0.15, -0.1) is 0 Å². The lowest BCUT2D eigenvalue weighted by Crippen LogP contribution is -2.51. The maximum atomic E-state index is 12.9. The number of rotatable bonds is 5. The molecule has 0 bridgehead atoms. The topological polar surface area (TPSA) is 107 Å². The molecule has 1 saturated carbocycles. The molecular weight excluding hydrogens is 338 g/mol. The van der Waals surface area contributed by atoms with Crippen molar-refractivity contribution < 1.29 is 24.3 Å². The van der Waals surface area contributed by atoms with Crippen molar-refractivity contribution >= 4 is 23.8 Å². The Morgan fingerprint density at radius 3 is 2.35 bits per heavy atom. The summed E-state index contributed by atoms with van der Waals surface area (Å²) in [7, 11) is 1.47. The Balaban J connectivity index is 1.99. The van der Waals surface area contributed by atoms with Crippen molar-refractivity contribution in [3.05, 3.63) is 0 Å². The standard InChI is InChI=1S/C18H29N3O5/c1-17(2,3)12-5-8-18(9-6-12)15(25)21(16(26)19-18)11-13(22)20(4)10-7-14(23)24/h12H,5-11H2,1-4H3,(H,19,26)(H,23,24). The van der Waals surface area contributed by atoms with Gasteiger partial charge in [-0.05, 0) is 37.0 Å². The normalized spacial score (nSPS) is 26.2. The van der Waals surface area contributed by atoms with Gasteiger partial charge in [0.05, 0.1) is 6.42 Å². The summed E-state index contributed by atoms with van der Waals surface area (Å²) in [6, 6.07) is -0.538. The number of nitrogens with one attached hydrogen (secondary N) is 1. The second-order valence-corrected chi connectivity index (χ2v) is 8.50. The van der Waals surface area contributed by atoms with Crippen LogP contribution in [-0.4, -0.2) is 64.4 Å². The van der Waals surface area contributed by atoms with Gasteiger partial charge in [0.2, 0.25) is 5.91 Å². The zero-order valence-corrected chi connectivity index (χ0v) is 16.0. The van der Waals surface area contributed by atoms with Gasteiger partial charge in [0.25, 0.3) is 5.91 Å². The fourth-order valence-electron chi connectivity index (χ4n) is 3.78. The largest absolute Gasteiger partial charge is 0.481 e. The summed E-state index contributed by atoms with van der Waals surface area (Å²) in [6.07, 6.45) is 2.70. The van der Waals surface area contributed by atoms with E-state index in [1.54, 1.807) is 0 Å². The van der Waals surface area contributed by atoms with Crippen molar-refractivity contribution in [2.45, 2.75) is 58.4 Å². The number of carbonyl (C=O) groups excluding carboxylic acids is 3. The molecule has 0 atom stereocenters. The third-order valence-corrected chi connectivity index (χ3v) is 5.69. The van der Waals surface area contributed by atoms with Crippen molar-refractivity contribution in [1.82, 2.24) is 15.1 Å². The Kier molecular flexibility index (Phi) is 5.63. The molecule has 2 N–H and O–H groups in total. The molecule has 1 aliphatic carbocycles.